The molecular weight excluding hydrogens is 569 g/mol. The molecule has 0 aliphatic heterocycles. The average molecular weight is 604 g/mol. The first-order chi connectivity index (χ1) is 19.8. The fourth-order valence-corrected chi connectivity index (χ4v) is 4.48. The van der Waals surface area contributed by atoms with Crippen LogP contribution < -0.4 is 20.1 Å². The largest absolute Gasteiger partial charge is 0.445 e. The second kappa shape index (κ2) is 14.5. The summed E-state index contributed by atoms with van der Waals surface area (Å²) in [7, 11) is -4.16. The van der Waals surface area contributed by atoms with E-state index < -0.39 is 45.8 Å². The number of rotatable bonds is 12. The zero-order valence-corrected chi connectivity index (χ0v) is 24.3. The summed E-state index contributed by atoms with van der Waals surface area (Å²) in [5.41, 5.74) is 0.704. The summed E-state index contributed by atoms with van der Waals surface area (Å²) in [4.78, 5) is 41.8. The van der Waals surface area contributed by atoms with E-state index in [0.29, 0.717) is 23.2 Å². The van der Waals surface area contributed by atoms with Gasteiger partial charge in [-0.3, -0.25) is 9.78 Å². The van der Waals surface area contributed by atoms with Gasteiger partial charge in [0.25, 0.3) is 0 Å². The van der Waals surface area contributed by atoms with Crippen LogP contribution in [0.5, 0.6) is 0 Å². The first-order valence-corrected chi connectivity index (χ1v) is 14.6. The quantitative estimate of drug-likeness (QED) is 0.224. The molecule has 0 bridgehead atoms. The molecule has 2 aromatic carbocycles. The highest BCUT2D eigenvalue weighted by Gasteiger charge is 2.23. The van der Waals surface area contributed by atoms with Crippen LogP contribution in [0.4, 0.5) is 19.7 Å². The van der Waals surface area contributed by atoms with Gasteiger partial charge in [-0.1, -0.05) is 30.3 Å². The van der Waals surface area contributed by atoms with Gasteiger partial charge in [0, 0.05) is 18.1 Å². The molecular formula is C28H34FN5O7S. The zero-order valence-electron chi connectivity index (χ0n) is 23.5. The number of halogens is 1. The van der Waals surface area contributed by atoms with Crippen LogP contribution >= 0.6 is 0 Å². The van der Waals surface area contributed by atoms with Crippen LogP contribution in [0.3, 0.4) is 0 Å². The van der Waals surface area contributed by atoms with Crippen molar-refractivity contribution in [2.45, 2.75) is 58.3 Å². The lowest BCUT2D eigenvalue weighted by Crippen LogP contribution is -2.44. The third-order valence-electron chi connectivity index (χ3n) is 5.61. The topological polar surface area (TPSA) is 165 Å². The lowest BCUT2D eigenvalue weighted by molar-refractivity contribution is -0.118. The van der Waals surface area contributed by atoms with Crippen molar-refractivity contribution in [3.05, 3.63) is 72.2 Å². The van der Waals surface area contributed by atoms with E-state index in [1.807, 2.05) is 12.1 Å². The number of anilines is 1. The van der Waals surface area contributed by atoms with Crippen molar-refractivity contribution in [3.8, 4) is 0 Å². The highest BCUT2D eigenvalue weighted by Crippen LogP contribution is 2.21. The molecule has 0 aliphatic rings. The van der Waals surface area contributed by atoms with Crippen LogP contribution in [0.1, 0.15) is 45.6 Å². The Morgan fingerprint density at radius 2 is 1.69 bits per heavy atom. The standard InChI is InChI=1S/C28H34FN5O7S/c1-28(2,3)41-27(37)34-42(38,39)31-17-5-4-10-23(33-26(36)40-18-19-12-14-21(29)15-13-19)25(35)32-22-11-6-8-20-9-7-16-30-24(20)22/h6-9,11-16,23,31H,4-5,10,17-18H2,1-3H3,(H,32,35)(H,33,36)(H,34,37). The van der Waals surface area contributed by atoms with Gasteiger partial charge in [-0.05, 0) is 69.9 Å². The molecule has 0 spiro atoms. The van der Waals surface area contributed by atoms with E-state index in [0.717, 1.165) is 5.39 Å². The number of ether oxygens (including phenoxy) is 2. The van der Waals surface area contributed by atoms with Crippen molar-refractivity contribution in [1.29, 1.82) is 0 Å². The second-order valence-electron chi connectivity index (χ2n) is 10.3. The number of nitrogens with zero attached hydrogens (tertiary/aromatic N) is 1. The molecule has 226 valence electrons. The summed E-state index contributed by atoms with van der Waals surface area (Å²) >= 11 is 0. The number of carbonyl (C=O) groups excluding carboxylic acids is 3. The number of nitrogens with one attached hydrogen (secondary N) is 4. The van der Waals surface area contributed by atoms with Crippen molar-refractivity contribution in [2.75, 3.05) is 11.9 Å². The maximum Gasteiger partial charge on any atom is 0.422 e. The van der Waals surface area contributed by atoms with Crippen LogP contribution in [-0.4, -0.2) is 49.7 Å². The predicted molar refractivity (Wildman–Crippen MR) is 154 cm³/mol. The Balaban J connectivity index is 1.59. The molecule has 1 aromatic heterocycles. The molecule has 3 amide bonds. The summed E-state index contributed by atoms with van der Waals surface area (Å²) in [6.45, 7) is 4.61. The zero-order chi connectivity index (χ0) is 30.8. The van der Waals surface area contributed by atoms with Crippen molar-refractivity contribution < 1.29 is 36.7 Å². The van der Waals surface area contributed by atoms with Gasteiger partial charge in [0.2, 0.25) is 5.91 Å². The molecule has 0 saturated heterocycles. The number of hydrogen-bond acceptors (Lipinski definition) is 8. The Morgan fingerprint density at radius 1 is 0.976 bits per heavy atom. The van der Waals surface area contributed by atoms with Crippen molar-refractivity contribution in [2.24, 2.45) is 0 Å². The monoisotopic (exact) mass is 603 g/mol. The number of aromatic nitrogens is 1. The predicted octanol–water partition coefficient (Wildman–Crippen LogP) is 4.14. The van der Waals surface area contributed by atoms with Crippen molar-refractivity contribution in [1.82, 2.24) is 19.7 Å². The number of unbranched alkanes of at least 4 members (excludes halogenated alkanes) is 1. The number of fused-ring (bicyclic) bond motifs is 1. The lowest BCUT2D eigenvalue weighted by Gasteiger charge is -2.20. The second-order valence-corrected chi connectivity index (χ2v) is 11.8. The molecule has 0 radical (unpaired) electrons. The van der Waals surface area contributed by atoms with Gasteiger partial charge in [0.15, 0.2) is 0 Å². The number of carbonyl (C=O) groups is 3. The first kappa shape index (κ1) is 32.2. The molecule has 3 aromatic rings. The Hall–Kier alpha value is -4.30. The fraction of sp³-hybridized carbons (Fsp3) is 0.357. The molecule has 3 rings (SSSR count). The van der Waals surface area contributed by atoms with Gasteiger partial charge >= 0.3 is 22.4 Å². The minimum absolute atomic E-state index is 0.0469. The van der Waals surface area contributed by atoms with Crippen LogP contribution in [-0.2, 0) is 31.1 Å². The Kier molecular flexibility index (Phi) is 11.2. The van der Waals surface area contributed by atoms with Gasteiger partial charge in [-0.25, -0.2) is 18.7 Å². The van der Waals surface area contributed by atoms with E-state index in [4.69, 9.17) is 9.47 Å². The summed E-state index contributed by atoms with van der Waals surface area (Å²) < 4.78 is 51.5. The maximum atomic E-state index is 13.2. The summed E-state index contributed by atoms with van der Waals surface area (Å²) in [6.07, 6.45) is 0.354. The smallest absolute Gasteiger partial charge is 0.422 e. The molecule has 0 fully saturated rings. The van der Waals surface area contributed by atoms with Gasteiger partial charge in [0.05, 0.1) is 11.2 Å². The Morgan fingerprint density at radius 3 is 2.40 bits per heavy atom. The minimum Gasteiger partial charge on any atom is -0.445 e. The molecule has 0 saturated carbocycles. The van der Waals surface area contributed by atoms with Crippen LogP contribution in [0.25, 0.3) is 10.9 Å². The number of para-hydroxylation sites is 1. The van der Waals surface area contributed by atoms with Crippen LogP contribution in [0, 0.1) is 5.82 Å². The van der Waals surface area contributed by atoms with E-state index in [1.54, 1.807) is 49.9 Å². The van der Waals surface area contributed by atoms with Gasteiger partial charge in [-0.2, -0.15) is 13.1 Å². The maximum absolute atomic E-state index is 13.2. The van der Waals surface area contributed by atoms with Crippen LogP contribution in [0.2, 0.25) is 0 Å². The number of alkyl carbamates (subject to hydrolysis) is 1. The third kappa shape index (κ3) is 10.9. The minimum atomic E-state index is -4.16. The molecule has 42 heavy (non-hydrogen) atoms. The van der Waals surface area contributed by atoms with E-state index >= 15 is 0 Å². The molecule has 4 N–H and O–H groups in total. The van der Waals surface area contributed by atoms with Crippen LogP contribution in [0.15, 0.2) is 60.8 Å². The first-order valence-electron chi connectivity index (χ1n) is 13.1. The van der Waals surface area contributed by atoms with Crippen molar-refractivity contribution in [3.63, 3.8) is 0 Å². The van der Waals surface area contributed by atoms with E-state index in [2.05, 4.69) is 20.3 Å². The van der Waals surface area contributed by atoms with Gasteiger partial charge in [0.1, 0.15) is 24.1 Å². The molecule has 0 aliphatic carbocycles. The van der Waals surface area contributed by atoms with Gasteiger partial charge < -0.3 is 20.1 Å². The number of pyridine rings is 1. The van der Waals surface area contributed by atoms with E-state index in [9.17, 15) is 27.2 Å². The fourth-order valence-electron chi connectivity index (χ4n) is 3.73. The summed E-state index contributed by atoms with van der Waals surface area (Å²) in [5.74, 6) is -0.954. The number of amides is 3. The van der Waals surface area contributed by atoms with Gasteiger partial charge in [-0.15, -0.1) is 0 Å². The molecule has 1 atom stereocenters. The highest BCUT2D eigenvalue weighted by molar-refractivity contribution is 7.88. The van der Waals surface area contributed by atoms with E-state index in [1.165, 1.54) is 24.3 Å². The number of benzene rings is 2. The summed E-state index contributed by atoms with van der Waals surface area (Å²) in [6, 6.07) is 13.3. The Labute approximate surface area is 243 Å². The summed E-state index contributed by atoms with van der Waals surface area (Å²) in [5, 5.41) is 6.14. The molecule has 12 nitrogen and oxygen atoms in total. The third-order valence-corrected chi connectivity index (χ3v) is 6.63. The normalized spacial score (nSPS) is 12.3. The molecule has 14 heteroatoms. The SMILES string of the molecule is CC(C)(C)OC(=O)NS(=O)(=O)NCCCCC(NC(=O)OCc1ccc(F)cc1)C(=O)Nc1cccc2cccnc12. The average Bonchev–Trinajstić information content (AvgIpc) is 2.90. The molecule has 1 unspecified atom stereocenters. The Bertz CT molecular complexity index is 1490. The highest BCUT2D eigenvalue weighted by atomic mass is 32.2. The van der Waals surface area contributed by atoms with Crippen molar-refractivity contribution >= 4 is 44.9 Å². The lowest BCUT2D eigenvalue weighted by atomic mass is 10.1. The number of hydrogen-bond donors (Lipinski definition) is 4. The molecule has 1 heterocycles. The van der Waals surface area contributed by atoms with E-state index in [-0.39, 0.29) is 26.0 Å².